The van der Waals surface area contributed by atoms with Crippen molar-refractivity contribution >= 4 is 10.0 Å². The van der Waals surface area contributed by atoms with E-state index in [1.54, 1.807) is 12.5 Å². The summed E-state index contributed by atoms with van der Waals surface area (Å²) in [5, 5.41) is 12.7. The van der Waals surface area contributed by atoms with Gasteiger partial charge < -0.3 is 0 Å². The van der Waals surface area contributed by atoms with Crippen LogP contribution in [0.2, 0.25) is 0 Å². The summed E-state index contributed by atoms with van der Waals surface area (Å²) in [5.74, 6) is 0. The fourth-order valence-corrected chi connectivity index (χ4v) is 0.0791. The topological polar surface area (TPSA) is 23.8 Å². The first kappa shape index (κ1) is 6.40. The Kier molecular flexibility index (Phi) is 1.75. The van der Waals surface area contributed by atoms with Crippen LogP contribution in [0.5, 0.6) is 0 Å². The van der Waals surface area contributed by atoms with Crippen molar-refractivity contribution in [1.29, 1.82) is 5.26 Å². The van der Waals surface area contributed by atoms with Crippen molar-refractivity contribution in [2.45, 2.75) is 0 Å². The normalized spacial score (nSPS) is 11.4. The highest BCUT2D eigenvalue weighted by Gasteiger charge is 2.01. The molecule has 38 valence electrons. The summed E-state index contributed by atoms with van der Waals surface area (Å²) in [6, 6.07) is 0. The van der Waals surface area contributed by atoms with Crippen molar-refractivity contribution < 1.29 is 0 Å². The van der Waals surface area contributed by atoms with Crippen LogP contribution in [0.25, 0.3) is 0 Å². The molecule has 0 spiro atoms. The Morgan fingerprint density at radius 3 is 2.00 bits per heavy atom. The average Bonchev–Trinajstić information content (AvgIpc) is 1.68. The Balaban J connectivity index is 4.00. The van der Waals surface area contributed by atoms with Gasteiger partial charge in [0.05, 0.1) is 0 Å². The summed E-state index contributed by atoms with van der Waals surface area (Å²) in [6.45, 7) is 0. The van der Waals surface area contributed by atoms with Crippen LogP contribution in [0.3, 0.4) is 0 Å². The molecule has 0 aliphatic heterocycles. The van der Waals surface area contributed by atoms with Crippen molar-refractivity contribution in [2.24, 2.45) is 0 Å². The predicted molar refractivity (Wildman–Crippen MR) is 33.9 cm³/mol. The molecule has 0 radical (unpaired) electrons. The van der Waals surface area contributed by atoms with E-state index in [0.29, 0.717) is 0 Å². The molecule has 0 aliphatic rings. The molecule has 2 heteroatoms. The molecular weight excluding hydrogens is 106 g/mol. The highest BCUT2D eigenvalue weighted by molar-refractivity contribution is 8.40. The predicted octanol–water partition coefficient (Wildman–Crippen LogP) is 1.12. The van der Waals surface area contributed by atoms with Gasteiger partial charge in [-0.3, -0.25) is 0 Å². The molecule has 0 fully saturated rings. The third-order valence-electron chi connectivity index (χ3n) is 0.523. The van der Waals surface area contributed by atoms with Gasteiger partial charge >= 0.3 is 0 Å². The van der Waals surface area contributed by atoms with E-state index >= 15 is 0 Å². The smallest absolute Gasteiger partial charge is 0.124 e. The van der Waals surface area contributed by atoms with E-state index in [4.69, 9.17) is 11.7 Å². The molecule has 0 rings (SSSR count). The highest BCUT2D eigenvalue weighted by Crippen LogP contribution is 2.34. The van der Waals surface area contributed by atoms with Crippen LogP contribution in [0.15, 0.2) is 0 Å². The molecule has 0 aromatic rings. The van der Waals surface area contributed by atoms with Crippen LogP contribution < -0.4 is 0 Å². The van der Waals surface area contributed by atoms with Crippen LogP contribution in [0.1, 0.15) is 0 Å². The number of hydrogen-bond acceptors (Lipinski definition) is 1. The molecule has 0 unspecified atom stereocenters. The molecule has 0 aliphatic carbocycles. The molecule has 0 bridgehead atoms. The lowest BCUT2D eigenvalue weighted by molar-refractivity contribution is 1.56. The Bertz CT molecular complexity index is 119. The Morgan fingerprint density at radius 1 is 1.57 bits per heavy atom. The second kappa shape index (κ2) is 1.91. The van der Waals surface area contributed by atoms with Gasteiger partial charge in [-0.25, -0.2) is 0 Å². The van der Waals surface area contributed by atoms with Gasteiger partial charge in [0.2, 0.25) is 0 Å². The minimum absolute atomic E-state index is 1.32. The summed E-state index contributed by atoms with van der Waals surface area (Å²) >= 11 is 0. The maximum Gasteiger partial charge on any atom is 0.124 e. The number of nitriles is 1. The van der Waals surface area contributed by atoms with Crippen molar-refractivity contribution in [3.63, 3.8) is 0 Å². The summed E-state index contributed by atoms with van der Waals surface area (Å²) < 4.78 is 0. The maximum absolute atomic E-state index is 8.24. The molecule has 0 N–H and O–H groups in total. The van der Waals surface area contributed by atoms with Crippen molar-refractivity contribution in [3.05, 3.63) is 0 Å². The standard InChI is InChI=1S/C5H7NS/c1-4-7(2,3)5-6/h1H,2-3H3. The van der Waals surface area contributed by atoms with E-state index in [-0.39, 0.29) is 0 Å². The lowest BCUT2D eigenvalue weighted by Gasteiger charge is -2.08. The SMILES string of the molecule is C#CS(C)(C)C#N. The van der Waals surface area contributed by atoms with Crippen molar-refractivity contribution in [3.8, 4) is 17.1 Å². The van der Waals surface area contributed by atoms with E-state index in [2.05, 4.69) is 5.25 Å². The molecule has 0 atom stereocenters. The summed E-state index contributed by atoms with van der Waals surface area (Å²) in [4.78, 5) is 0. The van der Waals surface area contributed by atoms with E-state index in [1.807, 2.05) is 5.40 Å². The lowest BCUT2D eigenvalue weighted by atomic mass is 11.4. The Hall–Kier alpha value is -0.600. The van der Waals surface area contributed by atoms with Gasteiger partial charge in [0.1, 0.15) is 5.40 Å². The first-order valence-electron chi connectivity index (χ1n) is 1.74. The van der Waals surface area contributed by atoms with Gasteiger partial charge in [0.25, 0.3) is 0 Å². The van der Waals surface area contributed by atoms with E-state index in [1.165, 1.54) is 0 Å². The van der Waals surface area contributed by atoms with Gasteiger partial charge in [0.15, 0.2) is 0 Å². The number of nitrogens with zero attached hydrogens (tertiary/aromatic N) is 1. The minimum atomic E-state index is -1.32. The number of rotatable bonds is 0. The number of thiocyanates is 1. The number of terminal acetylenes is 1. The quantitative estimate of drug-likeness (QED) is 0.341. The van der Waals surface area contributed by atoms with Crippen LogP contribution in [-0.4, -0.2) is 12.5 Å². The van der Waals surface area contributed by atoms with Crippen LogP contribution in [0.4, 0.5) is 0 Å². The fourth-order valence-electron chi connectivity index (χ4n) is 0.0264. The van der Waals surface area contributed by atoms with Crippen molar-refractivity contribution in [2.75, 3.05) is 12.5 Å². The average molecular weight is 113 g/mol. The highest BCUT2D eigenvalue weighted by atomic mass is 32.3. The van der Waals surface area contributed by atoms with Gasteiger partial charge in [0, 0.05) is 0 Å². The van der Waals surface area contributed by atoms with E-state index in [9.17, 15) is 0 Å². The molecule has 0 aromatic carbocycles. The molecular formula is C5H7NS. The molecule has 0 saturated heterocycles. The first-order chi connectivity index (χ1) is 3.12. The lowest BCUT2D eigenvalue weighted by Crippen LogP contribution is -1.81. The fraction of sp³-hybridized carbons (Fsp3) is 0.400. The summed E-state index contributed by atoms with van der Waals surface area (Å²) in [7, 11) is -1.32. The molecule has 1 nitrogen and oxygen atoms in total. The molecule has 0 aromatic heterocycles. The zero-order valence-corrected chi connectivity index (χ0v) is 5.25. The van der Waals surface area contributed by atoms with Gasteiger partial charge in [-0.1, -0.05) is 10.0 Å². The van der Waals surface area contributed by atoms with Crippen LogP contribution >= 0.6 is 10.0 Å². The molecule has 0 heterocycles. The van der Waals surface area contributed by atoms with Gasteiger partial charge in [-0.2, -0.15) is 5.26 Å². The zero-order valence-electron chi connectivity index (χ0n) is 4.43. The monoisotopic (exact) mass is 113 g/mol. The molecule has 0 amide bonds. The van der Waals surface area contributed by atoms with Crippen molar-refractivity contribution in [1.82, 2.24) is 0 Å². The largest absolute Gasteiger partial charge is 0.186 e. The summed E-state index contributed by atoms with van der Waals surface area (Å²) in [6.07, 6.45) is 8.55. The van der Waals surface area contributed by atoms with Crippen LogP contribution in [-0.2, 0) is 0 Å². The van der Waals surface area contributed by atoms with Crippen LogP contribution in [0, 0.1) is 22.3 Å². The zero-order chi connectivity index (χ0) is 5.91. The molecule has 0 saturated carbocycles. The Labute approximate surface area is 45.7 Å². The van der Waals surface area contributed by atoms with E-state index in [0.717, 1.165) is 0 Å². The van der Waals surface area contributed by atoms with E-state index < -0.39 is 10.0 Å². The second-order valence-electron chi connectivity index (χ2n) is 1.54. The second-order valence-corrected chi connectivity index (χ2v) is 4.61. The number of hydrogen-bond donors (Lipinski definition) is 0. The first-order valence-corrected chi connectivity index (χ1v) is 4.19. The third kappa shape index (κ3) is 2.14. The maximum atomic E-state index is 8.24. The summed E-state index contributed by atoms with van der Waals surface area (Å²) in [5.41, 5.74) is 0. The van der Waals surface area contributed by atoms with Gasteiger partial charge in [-0.05, 0) is 17.8 Å². The third-order valence-corrected chi connectivity index (χ3v) is 1.57. The van der Waals surface area contributed by atoms with Gasteiger partial charge in [-0.15, -0.1) is 6.42 Å². The Morgan fingerprint density at radius 2 is 2.00 bits per heavy atom. The molecule has 7 heavy (non-hydrogen) atoms. The minimum Gasteiger partial charge on any atom is -0.186 e.